The van der Waals surface area contributed by atoms with Crippen LogP contribution >= 0.6 is 11.3 Å². The molecule has 1 aromatic heterocycles. The SMILES string of the molecule is C[C@H](O)CN(CC(=O)Nc1sccc1C#N)c1ccccc1. The molecular formula is C16H17N3O2S. The Bertz CT molecular complexity index is 662. The van der Waals surface area contributed by atoms with Gasteiger partial charge in [-0.25, -0.2) is 0 Å². The number of aliphatic hydroxyl groups is 1. The van der Waals surface area contributed by atoms with Crippen molar-refractivity contribution in [2.75, 3.05) is 23.3 Å². The molecule has 0 bridgehead atoms. The number of thiophene rings is 1. The number of nitrogens with zero attached hydrogens (tertiary/aromatic N) is 2. The van der Waals surface area contributed by atoms with E-state index in [4.69, 9.17) is 5.26 Å². The van der Waals surface area contributed by atoms with Gasteiger partial charge in [-0.3, -0.25) is 4.79 Å². The van der Waals surface area contributed by atoms with Crippen LogP contribution in [0.3, 0.4) is 0 Å². The lowest BCUT2D eigenvalue weighted by atomic mass is 10.2. The summed E-state index contributed by atoms with van der Waals surface area (Å²) in [5.74, 6) is -0.219. The molecule has 0 aliphatic carbocycles. The lowest BCUT2D eigenvalue weighted by molar-refractivity contribution is -0.115. The van der Waals surface area contributed by atoms with Gasteiger partial charge in [0, 0.05) is 12.2 Å². The van der Waals surface area contributed by atoms with Crippen molar-refractivity contribution in [3.05, 3.63) is 47.3 Å². The Labute approximate surface area is 133 Å². The van der Waals surface area contributed by atoms with Crippen LogP contribution in [0.5, 0.6) is 0 Å². The summed E-state index contributed by atoms with van der Waals surface area (Å²) >= 11 is 1.32. The van der Waals surface area contributed by atoms with Gasteiger partial charge in [0.2, 0.25) is 5.91 Å². The average molecular weight is 315 g/mol. The van der Waals surface area contributed by atoms with Crippen molar-refractivity contribution in [1.29, 1.82) is 5.26 Å². The fourth-order valence-corrected chi connectivity index (χ4v) is 2.81. The molecular weight excluding hydrogens is 298 g/mol. The Hall–Kier alpha value is -2.36. The summed E-state index contributed by atoms with van der Waals surface area (Å²) in [6, 6.07) is 13.2. The lowest BCUT2D eigenvalue weighted by Crippen LogP contribution is -2.37. The molecule has 5 nitrogen and oxygen atoms in total. The van der Waals surface area contributed by atoms with E-state index in [1.807, 2.05) is 36.4 Å². The number of nitriles is 1. The third-order valence-corrected chi connectivity index (χ3v) is 3.81. The third kappa shape index (κ3) is 4.32. The minimum absolute atomic E-state index is 0.109. The summed E-state index contributed by atoms with van der Waals surface area (Å²) in [4.78, 5) is 14.0. The molecule has 0 unspecified atom stereocenters. The van der Waals surface area contributed by atoms with Gasteiger partial charge in [0.05, 0.1) is 18.2 Å². The van der Waals surface area contributed by atoms with Crippen LogP contribution in [0.4, 0.5) is 10.7 Å². The second-order valence-corrected chi connectivity index (χ2v) is 5.80. The van der Waals surface area contributed by atoms with Gasteiger partial charge in [-0.15, -0.1) is 11.3 Å². The topological polar surface area (TPSA) is 76.4 Å². The number of rotatable bonds is 6. The van der Waals surface area contributed by atoms with Gasteiger partial charge in [0.25, 0.3) is 0 Å². The quantitative estimate of drug-likeness (QED) is 0.858. The fourth-order valence-electron chi connectivity index (χ4n) is 2.05. The van der Waals surface area contributed by atoms with Gasteiger partial charge < -0.3 is 15.3 Å². The van der Waals surface area contributed by atoms with Crippen molar-refractivity contribution < 1.29 is 9.90 Å². The van der Waals surface area contributed by atoms with Crippen molar-refractivity contribution in [3.8, 4) is 6.07 Å². The number of carbonyl (C=O) groups excluding carboxylic acids is 1. The predicted octanol–water partition coefficient (Wildman–Crippen LogP) is 2.45. The smallest absolute Gasteiger partial charge is 0.244 e. The van der Waals surface area contributed by atoms with E-state index < -0.39 is 6.10 Å². The third-order valence-electron chi connectivity index (χ3n) is 2.98. The van der Waals surface area contributed by atoms with E-state index in [9.17, 15) is 9.90 Å². The van der Waals surface area contributed by atoms with E-state index in [-0.39, 0.29) is 12.5 Å². The zero-order chi connectivity index (χ0) is 15.9. The number of anilines is 2. The summed E-state index contributed by atoms with van der Waals surface area (Å²) in [5, 5.41) is 23.6. The van der Waals surface area contributed by atoms with Crippen molar-refractivity contribution in [1.82, 2.24) is 0 Å². The first-order valence-electron chi connectivity index (χ1n) is 6.85. The van der Waals surface area contributed by atoms with Crippen molar-refractivity contribution >= 4 is 27.9 Å². The van der Waals surface area contributed by atoms with Gasteiger partial charge in [-0.05, 0) is 30.5 Å². The molecule has 22 heavy (non-hydrogen) atoms. The Morgan fingerprint density at radius 1 is 1.41 bits per heavy atom. The number of aliphatic hydroxyl groups excluding tert-OH is 1. The molecule has 1 aromatic carbocycles. The molecule has 0 spiro atoms. The largest absolute Gasteiger partial charge is 0.392 e. The first kappa shape index (κ1) is 16.0. The van der Waals surface area contributed by atoms with E-state index in [1.165, 1.54) is 11.3 Å². The number of hydrogen-bond acceptors (Lipinski definition) is 5. The minimum atomic E-state index is -0.551. The average Bonchev–Trinajstić information content (AvgIpc) is 2.94. The van der Waals surface area contributed by atoms with E-state index in [2.05, 4.69) is 5.32 Å². The van der Waals surface area contributed by atoms with E-state index in [0.717, 1.165) is 5.69 Å². The molecule has 0 aliphatic heterocycles. The first-order chi connectivity index (χ1) is 10.6. The molecule has 1 amide bonds. The highest BCUT2D eigenvalue weighted by Gasteiger charge is 2.15. The number of para-hydroxylation sites is 1. The Morgan fingerprint density at radius 3 is 2.77 bits per heavy atom. The Balaban J connectivity index is 2.07. The van der Waals surface area contributed by atoms with E-state index in [1.54, 1.807) is 23.3 Å². The van der Waals surface area contributed by atoms with Crippen molar-refractivity contribution in [3.63, 3.8) is 0 Å². The zero-order valence-corrected chi connectivity index (χ0v) is 13.0. The molecule has 0 fully saturated rings. The van der Waals surface area contributed by atoms with Gasteiger partial charge >= 0.3 is 0 Å². The number of nitrogens with one attached hydrogen (secondary N) is 1. The van der Waals surface area contributed by atoms with Crippen LogP contribution < -0.4 is 10.2 Å². The number of amides is 1. The molecule has 0 saturated carbocycles. The minimum Gasteiger partial charge on any atom is -0.392 e. The van der Waals surface area contributed by atoms with Crippen molar-refractivity contribution in [2.24, 2.45) is 0 Å². The summed E-state index contributed by atoms with van der Waals surface area (Å²) in [7, 11) is 0. The van der Waals surface area contributed by atoms with E-state index in [0.29, 0.717) is 17.1 Å². The van der Waals surface area contributed by atoms with Crippen LogP contribution in [0.15, 0.2) is 41.8 Å². The standard InChI is InChI=1S/C16H17N3O2S/c1-12(20)10-19(14-5-3-2-4-6-14)11-15(21)18-16-13(9-17)7-8-22-16/h2-8,12,20H,10-11H2,1H3,(H,18,21)/t12-/m0/s1. The van der Waals surface area contributed by atoms with Gasteiger partial charge in [-0.2, -0.15) is 5.26 Å². The zero-order valence-electron chi connectivity index (χ0n) is 12.2. The molecule has 0 radical (unpaired) electrons. The van der Waals surface area contributed by atoms with Gasteiger partial charge in [0.1, 0.15) is 11.1 Å². The highest BCUT2D eigenvalue weighted by atomic mass is 32.1. The van der Waals surface area contributed by atoms with Crippen LogP contribution in [0.25, 0.3) is 0 Å². The molecule has 1 heterocycles. The highest BCUT2D eigenvalue weighted by molar-refractivity contribution is 7.14. The normalized spacial score (nSPS) is 11.5. The Kier molecular flexibility index (Phi) is 5.53. The summed E-state index contributed by atoms with van der Waals surface area (Å²) < 4.78 is 0. The molecule has 6 heteroatoms. The molecule has 1 atom stereocenters. The molecule has 0 saturated heterocycles. The summed E-state index contributed by atoms with van der Waals surface area (Å²) in [5.41, 5.74) is 1.32. The van der Waals surface area contributed by atoms with Crippen LogP contribution in [-0.4, -0.2) is 30.2 Å². The van der Waals surface area contributed by atoms with Crippen molar-refractivity contribution in [2.45, 2.75) is 13.0 Å². The maximum absolute atomic E-state index is 12.2. The van der Waals surface area contributed by atoms with Crippen LogP contribution in [0.2, 0.25) is 0 Å². The maximum Gasteiger partial charge on any atom is 0.244 e. The van der Waals surface area contributed by atoms with Crippen LogP contribution in [-0.2, 0) is 4.79 Å². The number of benzene rings is 1. The predicted molar refractivity (Wildman–Crippen MR) is 88.0 cm³/mol. The molecule has 0 aliphatic rings. The van der Waals surface area contributed by atoms with E-state index >= 15 is 0 Å². The first-order valence-corrected chi connectivity index (χ1v) is 7.73. The van der Waals surface area contributed by atoms with Crippen LogP contribution in [0, 0.1) is 11.3 Å². The van der Waals surface area contributed by atoms with Gasteiger partial charge in [-0.1, -0.05) is 18.2 Å². The molecule has 2 rings (SSSR count). The molecule has 2 aromatic rings. The fraction of sp³-hybridized carbons (Fsp3) is 0.250. The summed E-state index contributed by atoms with van der Waals surface area (Å²) in [6.45, 7) is 2.14. The maximum atomic E-state index is 12.2. The number of hydrogen-bond donors (Lipinski definition) is 2. The number of carbonyl (C=O) groups is 1. The summed E-state index contributed by atoms with van der Waals surface area (Å²) in [6.07, 6.45) is -0.551. The molecule has 2 N–H and O–H groups in total. The second-order valence-electron chi connectivity index (χ2n) is 4.89. The molecule has 114 valence electrons. The second kappa shape index (κ2) is 7.59. The highest BCUT2D eigenvalue weighted by Crippen LogP contribution is 2.22. The lowest BCUT2D eigenvalue weighted by Gasteiger charge is -2.25. The van der Waals surface area contributed by atoms with Gasteiger partial charge in [0.15, 0.2) is 0 Å². The monoisotopic (exact) mass is 315 g/mol. The van der Waals surface area contributed by atoms with Crippen LogP contribution in [0.1, 0.15) is 12.5 Å². The Morgan fingerprint density at radius 2 is 2.14 bits per heavy atom.